The molecule has 4 aromatic rings. The van der Waals surface area contributed by atoms with Gasteiger partial charge in [-0.2, -0.15) is 0 Å². The molecule has 0 aliphatic carbocycles. The molecule has 0 aliphatic rings. The van der Waals surface area contributed by atoms with Crippen LogP contribution in [-0.2, 0) is 11.3 Å². The fourth-order valence-corrected chi connectivity index (χ4v) is 4.16. The van der Waals surface area contributed by atoms with Gasteiger partial charge in [0.25, 0.3) is 0 Å². The summed E-state index contributed by atoms with van der Waals surface area (Å²) in [6, 6.07) is 22.5. The van der Waals surface area contributed by atoms with Gasteiger partial charge in [0.15, 0.2) is 0 Å². The number of benzene rings is 3. The van der Waals surface area contributed by atoms with Crippen molar-refractivity contribution in [3.8, 4) is 0 Å². The van der Waals surface area contributed by atoms with Crippen LogP contribution in [0.5, 0.6) is 0 Å². The van der Waals surface area contributed by atoms with Gasteiger partial charge in [-0.15, -0.1) is 11.8 Å². The number of aromatic nitrogens is 1. The average molecular weight is 405 g/mol. The van der Waals surface area contributed by atoms with Crippen LogP contribution in [0, 0.1) is 12.7 Å². The van der Waals surface area contributed by atoms with Crippen LogP contribution < -0.4 is 5.32 Å². The number of rotatable bonds is 6. The van der Waals surface area contributed by atoms with Crippen LogP contribution in [-0.4, -0.2) is 16.2 Å². The zero-order valence-corrected chi connectivity index (χ0v) is 16.9. The summed E-state index contributed by atoms with van der Waals surface area (Å²) in [4.78, 5) is 13.4. The van der Waals surface area contributed by atoms with E-state index in [-0.39, 0.29) is 11.7 Å². The summed E-state index contributed by atoms with van der Waals surface area (Å²) in [6.45, 7) is 2.59. The minimum atomic E-state index is -0.235. The minimum Gasteiger partial charge on any atom is -0.342 e. The summed E-state index contributed by atoms with van der Waals surface area (Å²) in [5.74, 6) is 0.0455. The van der Waals surface area contributed by atoms with Crippen LogP contribution in [0.4, 0.5) is 10.1 Å². The highest BCUT2D eigenvalue weighted by Gasteiger charge is 2.11. The smallest absolute Gasteiger partial charge is 0.234 e. The van der Waals surface area contributed by atoms with Gasteiger partial charge in [0.05, 0.1) is 5.75 Å². The lowest BCUT2D eigenvalue weighted by Crippen LogP contribution is -2.13. The maximum Gasteiger partial charge on any atom is 0.234 e. The lowest BCUT2D eigenvalue weighted by Gasteiger charge is -2.05. The third-order valence-corrected chi connectivity index (χ3v) is 5.73. The van der Waals surface area contributed by atoms with E-state index >= 15 is 0 Å². The van der Waals surface area contributed by atoms with E-state index in [1.807, 2.05) is 61.7 Å². The Balaban J connectivity index is 1.50. The molecule has 0 atom stereocenters. The number of halogens is 1. The predicted octanol–water partition coefficient (Wildman–Crippen LogP) is 5.87. The fourth-order valence-electron chi connectivity index (χ4n) is 3.27. The van der Waals surface area contributed by atoms with Crippen LogP contribution >= 0.6 is 11.8 Å². The van der Waals surface area contributed by atoms with E-state index < -0.39 is 0 Å². The number of amides is 1. The number of para-hydroxylation sites is 1. The molecule has 0 spiro atoms. The Bertz CT molecular complexity index is 1150. The lowest BCUT2D eigenvalue weighted by atomic mass is 10.2. The molecular formula is C24H21FN2OS. The van der Waals surface area contributed by atoms with Crippen molar-refractivity contribution < 1.29 is 9.18 Å². The molecule has 1 aromatic heterocycles. The molecule has 0 aliphatic heterocycles. The largest absolute Gasteiger partial charge is 0.342 e. The minimum absolute atomic E-state index is 0.0409. The molecule has 0 saturated carbocycles. The van der Waals surface area contributed by atoms with E-state index in [0.29, 0.717) is 12.3 Å². The maximum atomic E-state index is 13.5. The first kappa shape index (κ1) is 19.3. The van der Waals surface area contributed by atoms with Crippen molar-refractivity contribution in [3.05, 3.63) is 95.9 Å². The molecule has 0 unspecified atom stereocenters. The molecule has 29 heavy (non-hydrogen) atoms. The maximum absolute atomic E-state index is 13.5. The summed E-state index contributed by atoms with van der Waals surface area (Å²) < 4.78 is 15.6. The Morgan fingerprint density at radius 3 is 2.62 bits per heavy atom. The molecule has 5 heteroatoms. The van der Waals surface area contributed by atoms with Crippen molar-refractivity contribution in [3.63, 3.8) is 0 Å². The van der Waals surface area contributed by atoms with Crippen molar-refractivity contribution in [2.45, 2.75) is 18.4 Å². The van der Waals surface area contributed by atoms with Gasteiger partial charge in [-0.3, -0.25) is 4.79 Å². The standard InChI is InChI=1S/C24H21FN2OS/c1-17-9-11-20(12-10-17)26-24(28)16-29-23-15-27(22-8-3-2-7-21(22)23)14-18-5-4-6-19(25)13-18/h2-13,15H,14,16H2,1H3,(H,26,28). The van der Waals surface area contributed by atoms with Crippen molar-refractivity contribution in [2.75, 3.05) is 11.1 Å². The molecular weight excluding hydrogens is 383 g/mol. The van der Waals surface area contributed by atoms with Crippen LogP contribution in [0.1, 0.15) is 11.1 Å². The number of anilines is 1. The van der Waals surface area contributed by atoms with Gasteiger partial charge >= 0.3 is 0 Å². The molecule has 0 radical (unpaired) electrons. The summed E-state index contributed by atoms with van der Waals surface area (Å²) in [5, 5.41) is 4.03. The number of hydrogen-bond donors (Lipinski definition) is 1. The first-order chi connectivity index (χ1) is 14.1. The monoisotopic (exact) mass is 404 g/mol. The number of carbonyl (C=O) groups is 1. The van der Waals surface area contributed by atoms with Gasteiger partial charge in [0, 0.05) is 34.2 Å². The van der Waals surface area contributed by atoms with E-state index in [1.54, 1.807) is 12.1 Å². The van der Waals surface area contributed by atoms with Gasteiger partial charge in [-0.25, -0.2) is 4.39 Å². The number of fused-ring (bicyclic) bond motifs is 1. The van der Waals surface area contributed by atoms with Gasteiger partial charge in [-0.1, -0.05) is 48.0 Å². The van der Waals surface area contributed by atoms with Crippen LogP contribution in [0.15, 0.2) is 83.9 Å². The molecule has 3 nitrogen and oxygen atoms in total. The highest BCUT2D eigenvalue weighted by Crippen LogP contribution is 2.30. The summed E-state index contributed by atoms with van der Waals surface area (Å²) in [6.07, 6.45) is 2.04. The zero-order valence-electron chi connectivity index (χ0n) is 16.1. The topological polar surface area (TPSA) is 34.0 Å². The van der Waals surface area contributed by atoms with Crippen molar-refractivity contribution in [1.29, 1.82) is 0 Å². The van der Waals surface area contributed by atoms with Crippen molar-refractivity contribution in [1.82, 2.24) is 4.57 Å². The SMILES string of the molecule is Cc1ccc(NC(=O)CSc2cn(Cc3cccc(F)c3)c3ccccc23)cc1. The molecule has 4 rings (SSSR count). The van der Waals surface area contributed by atoms with Crippen LogP contribution in [0.3, 0.4) is 0 Å². The Morgan fingerprint density at radius 1 is 1.03 bits per heavy atom. The van der Waals surface area contributed by atoms with E-state index in [9.17, 15) is 9.18 Å². The van der Waals surface area contributed by atoms with Crippen LogP contribution in [0.2, 0.25) is 0 Å². The number of carbonyl (C=O) groups excluding carboxylic acids is 1. The average Bonchev–Trinajstić information content (AvgIpc) is 3.06. The summed E-state index contributed by atoms with van der Waals surface area (Å²) >= 11 is 1.51. The highest BCUT2D eigenvalue weighted by molar-refractivity contribution is 8.00. The third-order valence-electron chi connectivity index (χ3n) is 4.69. The Labute approximate surface area is 173 Å². The number of nitrogens with zero attached hydrogens (tertiary/aromatic N) is 1. The van der Waals surface area contributed by atoms with E-state index in [1.165, 1.54) is 17.8 Å². The first-order valence-corrected chi connectivity index (χ1v) is 10.4. The molecule has 0 fully saturated rings. The number of thioether (sulfide) groups is 1. The predicted molar refractivity (Wildman–Crippen MR) is 118 cm³/mol. The Hall–Kier alpha value is -3.05. The van der Waals surface area contributed by atoms with E-state index in [0.717, 1.165) is 32.6 Å². The van der Waals surface area contributed by atoms with E-state index in [4.69, 9.17) is 0 Å². The zero-order chi connectivity index (χ0) is 20.2. The normalized spacial score (nSPS) is 11.0. The molecule has 3 aromatic carbocycles. The molecule has 0 bridgehead atoms. The lowest BCUT2D eigenvalue weighted by molar-refractivity contribution is -0.113. The number of aryl methyl sites for hydroxylation is 1. The van der Waals surface area contributed by atoms with Crippen molar-refractivity contribution in [2.24, 2.45) is 0 Å². The number of nitrogens with one attached hydrogen (secondary N) is 1. The highest BCUT2D eigenvalue weighted by atomic mass is 32.2. The van der Waals surface area contributed by atoms with Gasteiger partial charge in [0.1, 0.15) is 5.82 Å². The van der Waals surface area contributed by atoms with Crippen LogP contribution in [0.25, 0.3) is 10.9 Å². The second kappa shape index (κ2) is 8.53. The Morgan fingerprint density at radius 2 is 1.83 bits per heavy atom. The molecule has 0 saturated heterocycles. The second-order valence-electron chi connectivity index (χ2n) is 6.97. The first-order valence-electron chi connectivity index (χ1n) is 9.40. The number of hydrogen-bond acceptors (Lipinski definition) is 2. The quantitative estimate of drug-likeness (QED) is 0.408. The van der Waals surface area contributed by atoms with Gasteiger partial charge < -0.3 is 9.88 Å². The molecule has 1 N–H and O–H groups in total. The fraction of sp³-hybridized carbons (Fsp3) is 0.125. The third kappa shape index (κ3) is 4.69. The molecule has 146 valence electrons. The van der Waals surface area contributed by atoms with Gasteiger partial charge in [-0.05, 0) is 42.8 Å². The second-order valence-corrected chi connectivity index (χ2v) is 7.99. The summed E-state index contributed by atoms with van der Waals surface area (Å²) in [7, 11) is 0. The van der Waals surface area contributed by atoms with E-state index in [2.05, 4.69) is 16.0 Å². The van der Waals surface area contributed by atoms with Gasteiger partial charge in [0.2, 0.25) is 5.91 Å². The molecule has 1 heterocycles. The Kier molecular flexibility index (Phi) is 5.67. The summed E-state index contributed by atoms with van der Waals surface area (Å²) in [5.41, 5.74) is 3.93. The molecule has 1 amide bonds. The van der Waals surface area contributed by atoms with Crippen molar-refractivity contribution >= 4 is 34.3 Å².